The highest BCUT2D eigenvalue weighted by molar-refractivity contribution is 7.13. The molecule has 0 aliphatic carbocycles. The minimum atomic E-state index is -0.104. The fraction of sp³-hybridized carbons (Fsp3) is 0.158. The van der Waals surface area contributed by atoms with Crippen molar-refractivity contribution in [2.75, 3.05) is 20.0 Å². The Morgan fingerprint density at radius 2 is 2.04 bits per heavy atom. The second kappa shape index (κ2) is 8.79. The SMILES string of the molecule is N#Cc1c(-c2ccc(Cl)cc2)cc(-c2cccs2)nc1OCOCCO. The topological polar surface area (TPSA) is 75.4 Å². The van der Waals surface area contributed by atoms with Crippen LogP contribution in [0.3, 0.4) is 0 Å². The van der Waals surface area contributed by atoms with E-state index in [0.29, 0.717) is 21.8 Å². The van der Waals surface area contributed by atoms with E-state index in [9.17, 15) is 5.26 Å². The third-order valence-corrected chi connectivity index (χ3v) is 4.69. The summed E-state index contributed by atoms with van der Waals surface area (Å²) in [5.74, 6) is 0.196. The highest BCUT2D eigenvalue weighted by Gasteiger charge is 2.17. The Balaban J connectivity index is 2.07. The van der Waals surface area contributed by atoms with Gasteiger partial charge < -0.3 is 14.6 Å². The van der Waals surface area contributed by atoms with Gasteiger partial charge in [0, 0.05) is 10.6 Å². The van der Waals surface area contributed by atoms with Gasteiger partial charge in [0.2, 0.25) is 5.88 Å². The van der Waals surface area contributed by atoms with Crippen LogP contribution in [0.4, 0.5) is 0 Å². The quantitative estimate of drug-likeness (QED) is 0.482. The van der Waals surface area contributed by atoms with Crippen molar-refractivity contribution in [1.29, 1.82) is 5.26 Å². The highest BCUT2D eigenvalue weighted by Crippen LogP contribution is 2.35. The van der Waals surface area contributed by atoms with Crippen molar-refractivity contribution in [3.63, 3.8) is 0 Å². The van der Waals surface area contributed by atoms with E-state index in [1.165, 1.54) is 0 Å². The molecule has 0 radical (unpaired) electrons. The zero-order valence-corrected chi connectivity index (χ0v) is 15.3. The molecule has 0 fully saturated rings. The summed E-state index contributed by atoms with van der Waals surface area (Å²) < 4.78 is 10.7. The minimum absolute atomic E-state index is 0.101. The van der Waals surface area contributed by atoms with E-state index in [-0.39, 0.29) is 25.9 Å². The predicted molar refractivity (Wildman–Crippen MR) is 101 cm³/mol. The average molecular weight is 387 g/mol. The van der Waals surface area contributed by atoms with Gasteiger partial charge in [-0.3, -0.25) is 0 Å². The zero-order valence-electron chi connectivity index (χ0n) is 13.7. The summed E-state index contributed by atoms with van der Waals surface area (Å²) in [4.78, 5) is 5.45. The first-order valence-electron chi connectivity index (χ1n) is 7.79. The van der Waals surface area contributed by atoms with Crippen LogP contribution in [0.15, 0.2) is 47.8 Å². The monoisotopic (exact) mass is 386 g/mol. The van der Waals surface area contributed by atoms with Crippen molar-refractivity contribution in [2.45, 2.75) is 0 Å². The van der Waals surface area contributed by atoms with E-state index in [0.717, 1.165) is 10.4 Å². The lowest BCUT2D eigenvalue weighted by atomic mass is 10.0. The van der Waals surface area contributed by atoms with Gasteiger partial charge in [-0.1, -0.05) is 29.8 Å². The Morgan fingerprint density at radius 3 is 2.69 bits per heavy atom. The maximum atomic E-state index is 9.67. The first-order chi connectivity index (χ1) is 12.7. The number of pyridine rings is 1. The maximum absolute atomic E-state index is 9.67. The predicted octanol–water partition coefficient (Wildman–Crippen LogP) is 4.35. The summed E-state index contributed by atoms with van der Waals surface area (Å²) in [6, 6.07) is 15.2. The smallest absolute Gasteiger partial charge is 0.235 e. The Hall–Kier alpha value is -2.43. The van der Waals surface area contributed by atoms with E-state index in [4.69, 9.17) is 26.2 Å². The van der Waals surface area contributed by atoms with Gasteiger partial charge in [-0.15, -0.1) is 11.3 Å². The number of aliphatic hydroxyl groups is 1. The van der Waals surface area contributed by atoms with Crippen molar-refractivity contribution in [3.05, 3.63) is 58.4 Å². The molecule has 1 N–H and O–H groups in total. The largest absolute Gasteiger partial charge is 0.449 e. The molecule has 0 amide bonds. The number of ether oxygens (including phenoxy) is 2. The lowest BCUT2D eigenvalue weighted by molar-refractivity contribution is -0.00328. The molecule has 0 unspecified atom stereocenters. The summed E-state index contributed by atoms with van der Waals surface area (Å²) >= 11 is 7.53. The van der Waals surface area contributed by atoms with Crippen molar-refractivity contribution >= 4 is 22.9 Å². The summed E-state index contributed by atoms with van der Waals surface area (Å²) in [5, 5.41) is 21.0. The molecule has 0 aliphatic rings. The molecule has 2 heterocycles. The molecular weight excluding hydrogens is 372 g/mol. The van der Waals surface area contributed by atoms with Crippen LogP contribution in [-0.4, -0.2) is 30.1 Å². The number of aliphatic hydroxyl groups excluding tert-OH is 1. The van der Waals surface area contributed by atoms with Crippen molar-refractivity contribution in [1.82, 2.24) is 4.98 Å². The molecule has 0 atom stereocenters. The molecule has 3 rings (SSSR count). The van der Waals surface area contributed by atoms with Crippen LogP contribution in [0, 0.1) is 11.3 Å². The fourth-order valence-electron chi connectivity index (χ4n) is 2.36. The lowest BCUT2D eigenvalue weighted by Gasteiger charge is -2.13. The Labute approximate surface area is 160 Å². The van der Waals surface area contributed by atoms with E-state index in [1.807, 2.05) is 35.7 Å². The Bertz CT molecular complexity index is 906. The molecular formula is C19H15ClN2O3S. The van der Waals surface area contributed by atoms with Crippen LogP contribution in [0.2, 0.25) is 5.02 Å². The molecule has 26 heavy (non-hydrogen) atoms. The van der Waals surface area contributed by atoms with E-state index >= 15 is 0 Å². The normalized spacial score (nSPS) is 10.5. The highest BCUT2D eigenvalue weighted by atomic mass is 35.5. The summed E-state index contributed by atoms with van der Waals surface area (Å²) in [5.41, 5.74) is 2.58. The van der Waals surface area contributed by atoms with Crippen LogP contribution >= 0.6 is 22.9 Å². The van der Waals surface area contributed by atoms with Gasteiger partial charge in [-0.25, -0.2) is 4.98 Å². The third kappa shape index (κ3) is 4.21. The molecule has 2 aromatic heterocycles. The average Bonchev–Trinajstić information content (AvgIpc) is 3.20. The number of nitrogens with zero attached hydrogens (tertiary/aromatic N) is 2. The first kappa shape index (κ1) is 18.4. The van der Waals surface area contributed by atoms with Gasteiger partial charge in [-0.2, -0.15) is 5.26 Å². The third-order valence-electron chi connectivity index (χ3n) is 3.54. The second-order valence-electron chi connectivity index (χ2n) is 5.23. The van der Waals surface area contributed by atoms with Gasteiger partial charge in [-0.05, 0) is 35.2 Å². The maximum Gasteiger partial charge on any atom is 0.235 e. The Morgan fingerprint density at radius 1 is 1.23 bits per heavy atom. The van der Waals surface area contributed by atoms with E-state index < -0.39 is 0 Å². The molecule has 5 nitrogen and oxygen atoms in total. The second-order valence-corrected chi connectivity index (χ2v) is 6.61. The lowest BCUT2D eigenvalue weighted by Crippen LogP contribution is -2.09. The standard InChI is InChI=1S/C19H15ClN2O3S/c20-14-5-3-13(4-6-14)15-10-17(18-2-1-9-26-18)22-19(16(15)11-21)25-12-24-8-7-23/h1-6,9-10,23H,7-8,12H2. The summed E-state index contributed by atoms with van der Waals surface area (Å²) in [7, 11) is 0. The molecule has 0 spiro atoms. The number of benzene rings is 1. The number of aromatic nitrogens is 1. The minimum Gasteiger partial charge on any atom is -0.449 e. The van der Waals surface area contributed by atoms with Crippen LogP contribution < -0.4 is 4.74 Å². The fourth-order valence-corrected chi connectivity index (χ4v) is 3.17. The zero-order chi connectivity index (χ0) is 18.4. The number of halogens is 1. The number of thiophene rings is 1. The molecule has 3 aromatic rings. The summed E-state index contributed by atoms with van der Waals surface area (Å²) in [6.45, 7) is -0.0557. The van der Waals surface area contributed by atoms with Crippen LogP contribution in [0.5, 0.6) is 5.88 Å². The Kier molecular flexibility index (Phi) is 6.21. The molecule has 7 heteroatoms. The molecule has 0 aliphatic heterocycles. The summed E-state index contributed by atoms with van der Waals surface area (Å²) in [6.07, 6.45) is 0. The van der Waals surface area contributed by atoms with Gasteiger partial charge in [0.05, 0.1) is 23.8 Å². The number of hydrogen-bond acceptors (Lipinski definition) is 6. The van der Waals surface area contributed by atoms with Crippen LogP contribution in [0.1, 0.15) is 5.56 Å². The van der Waals surface area contributed by atoms with Gasteiger partial charge in [0.15, 0.2) is 6.79 Å². The van der Waals surface area contributed by atoms with Crippen molar-refractivity contribution < 1.29 is 14.6 Å². The van der Waals surface area contributed by atoms with Gasteiger partial charge >= 0.3 is 0 Å². The van der Waals surface area contributed by atoms with Crippen molar-refractivity contribution in [2.24, 2.45) is 0 Å². The first-order valence-corrected chi connectivity index (χ1v) is 9.05. The van der Waals surface area contributed by atoms with Crippen LogP contribution in [0.25, 0.3) is 21.7 Å². The van der Waals surface area contributed by atoms with E-state index in [2.05, 4.69) is 11.1 Å². The number of rotatable bonds is 7. The molecule has 0 bridgehead atoms. The van der Waals surface area contributed by atoms with Crippen molar-refractivity contribution in [3.8, 4) is 33.6 Å². The number of hydrogen-bond donors (Lipinski definition) is 1. The number of nitriles is 1. The molecule has 0 saturated heterocycles. The molecule has 1 aromatic carbocycles. The molecule has 132 valence electrons. The van der Waals surface area contributed by atoms with Gasteiger partial charge in [0.1, 0.15) is 11.6 Å². The van der Waals surface area contributed by atoms with Crippen LogP contribution in [-0.2, 0) is 4.74 Å². The van der Waals surface area contributed by atoms with E-state index in [1.54, 1.807) is 23.5 Å². The molecule has 0 saturated carbocycles. The van der Waals surface area contributed by atoms with Gasteiger partial charge in [0.25, 0.3) is 0 Å².